The fraction of sp³-hybridized carbons (Fsp3) is 0.350. The number of carbonyl (C=O) groups is 1. The molecule has 0 radical (unpaired) electrons. The standard InChI is InChI=1S/C20H22FN3O3S/c1-20(6-7-28-19(22)24-20)14-8-12(4-5-15(14)21)9-16(25)18-17(27-3)10-13(26-2)11-23-18/h4-5,8,10-11H,6-7,9H2,1-3H3,(H2,22,24)/t20-/m0/s1. The highest BCUT2D eigenvalue weighted by Gasteiger charge is 2.32. The molecule has 2 aromatic rings. The first-order valence-corrected chi connectivity index (χ1v) is 9.73. The lowest BCUT2D eigenvalue weighted by Gasteiger charge is -2.30. The molecule has 0 saturated carbocycles. The minimum atomic E-state index is -0.742. The van der Waals surface area contributed by atoms with E-state index in [-0.39, 0.29) is 23.7 Å². The number of Topliss-reactive ketones (excluding diaryl/α,β-unsaturated/α-hetero) is 1. The summed E-state index contributed by atoms with van der Waals surface area (Å²) in [7, 11) is 2.98. The van der Waals surface area contributed by atoms with Crippen LogP contribution in [0.4, 0.5) is 4.39 Å². The molecule has 0 spiro atoms. The van der Waals surface area contributed by atoms with Crippen LogP contribution in [0, 0.1) is 5.82 Å². The molecule has 0 aliphatic carbocycles. The molecule has 2 N–H and O–H groups in total. The Bertz CT molecular complexity index is 935. The fourth-order valence-electron chi connectivity index (χ4n) is 3.15. The van der Waals surface area contributed by atoms with Gasteiger partial charge in [-0.25, -0.2) is 9.37 Å². The van der Waals surface area contributed by atoms with Crippen molar-refractivity contribution in [1.82, 2.24) is 4.98 Å². The van der Waals surface area contributed by atoms with E-state index in [9.17, 15) is 9.18 Å². The number of aromatic nitrogens is 1. The molecule has 2 heterocycles. The average molecular weight is 403 g/mol. The molecule has 0 unspecified atom stereocenters. The summed E-state index contributed by atoms with van der Waals surface area (Å²) in [6.07, 6.45) is 2.19. The third kappa shape index (κ3) is 4.11. The lowest BCUT2D eigenvalue weighted by Crippen LogP contribution is -2.29. The van der Waals surface area contributed by atoms with Gasteiger partial charge in [-0.05, 0) is 31.0 Å². The van der Waals surface area contributed by atoms with E-state index in [2.05, 4.69) is 9.98 Å². The molecule has 0 amide bonds. The van der Waals surface area contributed by atoms with E-state index >= 15 is 0 Å². The Morgan fingerprint density at radius 1 is 1.32 bits per heavy atom. The van der Waals surface area contributed by atoms with Crippen LogP contribution in [0.25, 0.3) is 0 Å². The van der Waals surface area contributed by atoms with Gasteiger partial charge in [-0.15, -0.1) is 0 Å². The number of methoxy groups -OCH3 is 2. The second-order valence-electron chi connectivity index (χ2n) is 6.66. The molecule has 0 fully saturated rings. The van der Waals surface area contributed by atoms with Crippen LogP contribution < -0.4 is 15.2 Å². The second kappa shape index (κ2) is 8.18. The van der Waals surface area contributed by atoms with Crippen molar-refractivity contribution in [2.24, 2.45) is 10.7 Å². The number of aliphatic imine (C=N–C) groups is 1. The minimum absolute atomic E-state index is 0.0625. The molecule has 1 aliphatic heterocycles. The summed E-state index contributed by atoms with van der Waals surface area (Å²) in [5.41, 5.74) is 6.43. The summed E-state index contributed by atoms with van der Waals surface area (Å²) in [6, 6.07) is 6.26. The Labute approximate surface area is 167 Å². The van der Waals surface area contributed by atoms with Gasteiger partial charge in [0.15, 0.2) is 16.7 Å². The Balaban J connectivity index is 1.90. The van der Waals surface area contributed by atoms with Crippen LogP contribution in [-0.2, 0) is 12.0 Å². The van der Waals surface area contributed by atoms with Crippen LogP contribution in [-0.4, -0.2) is 35.9 Å². The van der Waals surface area contributed by atoms with Crippen LogP contribution in [0.3, 0.4) is 0 Å². The predicted molar refractivity (Wildman–Crippen MR) is 108 cm³/mol. The molecule has 1 atom stereocenters. The van der Waals surface area contributed by atoms with Gasteiger partial charge >= 0.3 is 0 Å². The van der Waals surface area contributed by atoms with E-state index in [4.69, 9.17) is 15.2 Å². The maximum Gasteiger partial charge on any atom is 0.189 e. The van der Waals surface area contributed by atoms with Gasteiger partial charge in [0, 0.05) is 23.8 Å². The number of carbonyl (C=O) groups excluding carboxylic acids is 1. The van der Waals surface area contributed by atoms with Gasteiger partial charge in [-0.3, -0.25) is 9.79 Å². The zero-order valence-electron chi connectivity index (χ0n) is 16.0. The van der Waals surface area contributed by atoms with Gasteiger partial charge in [-0.1, -0.05) is 17.8 Å². The summed E-state index contributed by atoms with van der Waals surface area (Å²) < 4.78 is 24.9. The highest BCUT2D eigenvalue weighted by atomic mass is 32.2. The van der Waals surface area contributed by atoms with Crippen molar-refractivity contribution in [2.45, 2.75) is 25.3 Å². The normalized spacial score (nSPS) is 19.1. The number of benzene rings is 1. The number of thioether (sulfide) groups is 1. The smallest absolute Gasteiger partial charge is 0.189 e. The third-order valence-corrected chi connectivity index (χ3v) is 5.51. The van der Waals surface area contributed by atoms with Gasteiger partial charge in [-0.2, -0.15) is 0 Å². The van der Waals surface area contributed by atoms with Gasteiger partial charge in [0.2, 0.25) is 0 Å². The molecule has 1 aliphatic rings. The van der Waals surface area contributed by atoms with E-state index < -0.39 is 5.54 Å². The molecule has 0 saturated heterocycles. The molecule has 28 heavy (non-hydrogen) atoms. The summed E-state index contributed by atoms with van der Waals surface area (Å²) in [6.45, 7) is 1.86. The van der Waals surface area contributed by atoms with E-state index in [0.29, 0.717) is 34.2 Å². The lowest BCUT2D eigenvalue weighted by atomic mass is 9.87. The SMILES string of the molecule is COc1cnc(C(=O)Cc2ccc(F)c([C@]3(C)CCSC(N)=N3)c2)c(OC)c1. The van der Waals surface area contributed by atoms with Gasteiger partial charge in [0.25, 0.3) is 0 Å². The maximum atomic E-state index is 14.5. The van der Waals surface area contributed by atoms with E-state index in [1.807, 2.05) is 6.92 Å². The highest BCUT2D eigenvalue weighted by Crippen LogP contribution is 2.37. The molecule has 6 nitrogen and oxygen atoms in total. The number of rotatable bonds is 6. The topological polar surface area (TPSA) is 86.8 Å². The third-order valence-electron chi connectivity index (χ3n) is 4.72. The first-order chi connectivity index (χ1) is 13.4. The Morgan fingerprint density at radius 3 is 2.79 bits per heavy atom. The zero-order chi connectivity index (χ0) is 20.3. The minimum Gasteiger partial charge on any atom is -0.495 e. The van der Waals surface area contributed by atoms with Crippen molar-refractivity contribution in [3.05, 3.63) is 53.1 Å². The van der Waals surface area contributed by atoms with Gasteiger partial charge < -0.3 is 15.2 Å². The monoisotopic (exact) mass is 403 g/mol. The zero-order valence-corrected chi connectivity index (χ0v) is 16.8. The summed E-state index contributed by atoms with van der Waals surface area (Å²) in [4.78, 5) is 21.4. The van der Waals surface area contributed by atoms with Crippen LogP contribution in [0.2, 0.25) is 0 Å². The molecule has 8 heteroatoms. The summed E-state index contributed by atoms with van der Waals surface area (Å²) in [5.74, 6) is 1.00. The number of ether oxygens (including phenoxy) is 2. The predicted octanol–water partition coefficient (Wildman–Crippen LogP) is 3.33. The number of nitrogens with two attached hydrogens (primary N) is 1. The van der Waals surface area contributed by atoms with Crippen molar-refractivity contribution in [1.29, 1.82) is 0 Å². The highest BCUT2D eigenvalue weighted by molar-refractivity contribution is 8.13. The number of hydrogen-bond acceptors (Lipinski definition) is 7. The Hall–Kier alpha value is -2.61. The van der Waals surface area contributed by atoms with Gasteiger partial charge in [0.05, 0.1) is 26.0 Å². The molecular weight excluding hydrogens is 381 g/mol. The summed E-state index contributed by atoms with van der Waals surface area (Å²) in [5, 5.41) is 0.446. The first-order valence-electron chi connectivity index (χ1n) is 8.74. The van der Waals surface area contributed by atoms with E-state index in [1.165, 1.54) is 38.2 Å². The fourth-order valence-corrected chi connectivity index (χ4v) is 4.12. The number of ketones is 1. The van der Waals surface area contributed by atoms with Crippen LogP contribution in [0.1, 0.15) is 35.0 Å². The average Bonchev–Trinajstić information content (AvgIpc) is 2.68. The first kappa shape index (κ1) is 20.1. The lowest BCUT2D eigenvalue weighted by molar-refractivity contribution is 0.0984. The van der Waals surface area contributed by atoms with Crippen molar-refractivity contribution < 1.29 is 18.7 Å². The van der Waals surface area contributed by atoms with Crippen LogP contribution in [0.15, 0.2) is 35.5 Å². The number of halogens is 1. The van der Waals surface area contributed by atoms with Crippen molar-refractivity contribution in [2.75, 3.05) is 20.0 Å². The number of hydrogen-bond donors (Lipinski definition) is 1. The van der Waals surface area contributed by atoms with Crippen molar-refractivity contribution in [3.63, 3.8) is 0 Å². The molecule has 148 valence electrons. The molecule has 1 aromatic carbocycles. The molecular formula is C20H22FN3O3S. The Morgan fingerprint density at radius 2 is 2.11 bits per heavy atom. The molecule has 0 bridgehead atoms. The van der Waals surface area contributed by atoms with Crippen LogP contribution in [0.5, 0.6) is 11.5 Å². The Kier molecular flexibility index (Phi) is 5.88. The molecule has 1 aromatic heterocycles. The maximum absolute atomic E-state index is 14.5. The number of nitrogens with zero attached hydrogens (tertiary/aromatic N) is 2. The molecule has 3 rings (SSSR count). The number of pyridine rings is 1. The quantitative estimate of drug-likeness (QED) is 0.745. The van der Waals surface area contributed by atoms with Crippen LogP contribution >= 0.6 is 11.8 Å². The second-order valence-corrected chi connectivity index (χ2v) is 7.78. The van der Waals surface area contributed by atoms with Crippen molar-refractivity contribution in [3.8, 4) is 11.5 Å². The van der Waals surface area contributed by atoms with E-state index in [0.717, 1.165) is 5.75 Å². The summed E-state index contributed by atoms with van der Waals surface area (Å²) >= 11 is 1.46. The van der Waals surface area contributed by atoms with E-state index in [1.54, 1.807) is 18.2 Å². The number of amidine groups is 1. The van der Waals surface area contributed by atoms with Gasteiger partial charge in [0.1, 0.15) is 17.3 Å². The largest absolute Gasteiger partial charge is 0.495 e. The van der Waals surface area contributed by atoms with Crippen molar-refractivity contribution >= 4 is 22.7 Å².